The third kappa shape index (κ3) is 7.68. The van der Waals surface area contributed by atoms with Crippen molar-refractivity contribution in [3.05, 3.63) is 24.3 Å². The molecule has 0 radical (unpaired) electrons. The van der Waals surface area contributed by atoms with Crippen molar-refractivity contribution in [1.29, 1.82) is 0 Å². The summed E-state index contributed by atoms with van der Waals surface area (Å²) in [6.45, 7) is 10.5. The van der Waals surface area contributed by atoms with Crippen LogP contribution in [0.4, 0.5) is 0 Å². The van der Waals surface area contributed by atoms with Gasteiger partial charge in [-0.2, -0.15) is 0 Å². The molecule has 1 atom stereocenters. The topological polar surface area (TPSA) is 67.4 Å². The highest BCUT2D eigenvalue weighted by Gasteiger charge is 2.39. The van der Waals surface area contributed by atoms with E-state index >= 15 is 0 Å². The molecule has 3 rings (SSSR count). The first-order chi connectivity index (χ1) is 14.6. The largest absolute Gasteiger partial charge is 0.497 e. The Morgan fingerprint density at radius 2 is 1.90 bits per heavy atom. The number of guanidine groups is 1. The van der Waals surface area contributed by atoms with Gasteiger partial charge in [-0.3, -0.25) is 9.89 Å². The summed E-state index contributed by atoms with van der Waals surface area (Å²) in [4.78, 5) is 7.63. The maximum atomic E-state index is 6.03. The van der Waals surface area contributed by atoms with E-state index in [9.17, 15) is 0 Å². The molecule has 1 aromatic rings. The molecule has 8 heteroatoms. The number of methoxy groups -OCH3 is 1. The smallest absolute Gasteiger partial charge is 0.191 e. The molecule has 0 aliphatic carbocycles. The Balaban J connectivity index is 0.00000341. The second-order valence-corrected chi connectivity index (χ2v) is 8.21. The minimum Gasteiger partial charge on any atom is -0.497 e. The van der Waals surface area contributed by atoms with Gasteiger partial charge in [-0.05, 0) is 64.8 Å². The average Bonchev–Trinajstić information content (AvgIpc) is 3.32. The standard InChI is InChI=1S/C23H38N4O3.HI/c1-4-24-22(25-17-19(2)30-21-9-7-8-20(16-21)28-3)26-18-23(10-14-29-15-11-23)27-12-5-6-13-27;/h7-9,16,19H,4-6,10-15,17-18H2,1-3H3,(H2,24,25,26);1H. The number of rotatable bonds is 9. The molecule has 0 aromatic heterocycles. The predicted molar refractivity (Wildman–Crippen MR) is 136 cm³/mol. The van der Waals surface area contributed by atoms with Crippen molar-refractivity contribution in [2.24, 2.45) is 4.99 Å². The summed E-state index contributed by atoms with van der Waals surface area (Å²) < 4.78 is 17.0. The molecule has 7 nitrogen and oxygen atoms in total. The van der Waals surface area contributed by atoms with Crippen molar-refractivity contribution < 1.29 is 14.2 Å². The summed E-state index contributed by atoms with van der Waals surface area (Å²) in [5, 5.41) is 6.83. The van der Waals surface area contributed by atoms with Crippen molar-refractivity contribution in [3.63, 3.8) is 0 Å². The van der Waals surface area contributed by atoms with Gasteiger partial charge in [0.25, 0.3) is 0 Å². The lowest BCUT2D eigenvalue weighted by atomic mass is 9.88. The molecule has 1 unspecified atom stereocenters. The molecule has 2 heterocycles. The number of benzene rings is 1. The highest BCUT2D eigenvalue weighted by atomic mass is 127. The quantitative estimate of drug-likeness (QED) is 0.282. The molecule has 0 amide bonds. The summed E-state index contributed by atoms with van der Waals surface area (Å²) in [6.07, 6.45) is 4.71. The third-order valence-corrected chi connectivity index (χ3v) is 6.01. The van der Waals surface area contributed by atoms with Crippen molar-refractivity contribution in [1.82, 2.24) is 15.5 Å². The van der Waals surface area contributed by atoms with E-state index in [-0.39, 0.29) is 35.6 Å². The normalized spacial score (nSPS) is 19.9. The monoisotopic (exact) mass is 546 g/mol. The van der Waals surface area contributed by atoms with Gasteiger partial charge in [0.1, 0.15) is 17.6 Å². The number of halogens is 1. The molecule has 2 saturated heterocycles. The zero-order valence-corrected chi connectivity index (χ0v) is 21.5. The number of aliphatic imine (C=N–C) groups is 1. The Hall–Kier alpha value is -1.26. The number of ether oxygens (including phenoxy) is 3. The van der Waals surface area contributed by atoms with Crippen molar-refractivity contribution >= 4 is 29.9 Å². The Morgan fingerprint density at radius 1 is 1.19 bits per heavy atom. The highest BCUT2D eigenvalue weighted by molar-refractivity contribution is 14.0. The Morgan fingerprint density at radius 3 is 2.58 bits per heavy atom. The summed E-state index contributed by atoms with van der Waals surface area (Å²) in [5.41, 5.74) is 0.139. The second-order valence-electron chi connectivity index (χ2n) is 8.21. The molecule has 31 heavy (non-hydrogen) atoms. The van der Waals surface area contributed by atoms with E-state index in [1.165, 1.54) is 25.9 Å². The zero-order valence-electron chi connectivity index (χ0n) is 19.2. The molecule has 176 valence electrons. The van der Waals surface area contributed by atoms with Crippen molar-refractivity contribution in [2.45, 2.75) is 51.2 Å². The molecule has 0 bridgehead atoms. The maximum Gasteiger partial charge on any atom is 0.191 e. The molecule has 1 aromatic carbocycles. The van der Waals surface area contributed by atoms with E-state index in [1.807, 2.05) is 24.3 Å². The maximum absolute atomic E-state index is 6.03. The van der Waals surface area contributed by atoms with E-state index in [0.717, 1.165) is 56.6 Å². The number of hydrogen-bond donors (Lipinski definition) is 2. The molecule has 0 spiro atoms. The van der Waals surface area contributed by atoms with Crippen LogP contribution in [-0.4, -0.2) is 75.5 Å². The number of nitrogens with zero attached hydrogens (tertiary/aromatic N) is 2. The first kappa shape index (κ1) is 26.0. The third-order valence-electron chi connectivity index (χ3n) is 6.01. The highest BCUT2D eigenvalue weighted by Crippen LogP contribution is 2.31. The minimum absolute atomic E-state index is 0. The van der Waals surface area contributed by atoms with Gasteiger partial charge in [0, 0.05) is 31.4 Å². The summed E-state index contributed by atoms with van der Waals surface area (Å²) in [6, 6.07) is 7.70. The van der Waals surface area contributed by atoms with Crippen LogP contribution in [0.15, 0.2) is 29.3 Å². The van der Waals surface area contributed by atoms with E-state index in [0.29, 0.717) is 6.54 Å². The predicted octanol–water partition coefficient (Wildman–Crippen LogP) is 3.28. The van der Waals surface area contributed by atoms with Crippen LogP contribution in [0.25, 0.3) is 0 Å². The average molecular weight is 546 g/mol. The zero-order chi connectivity index (χ0) is 21.2. The molecular weight excluding hydrogens is 507 g/mol. The SMILES string of the molecule is CCNC(=NCC1(N2CCCC2)CCOCC1)NCC(C)Oc1cccc(OC)c1.I. The Labute approximate surface area is 204 Å². The van der Waals surface area contributed by atoms with Crippen molar-refractivity contribution in [3.8, 4) is 11.5 Å². The molecule has 2 aliphatic rings. The Kier molecular flexibility index (Phi) is 11.2. The minimum atomic E-state index is -0.00316. The molecule has 2 N–H and O–H groups in total. The summed E-state index contributed by atoms with van der Waals surface area (Å²) >= 11 is 0. The van der Waals surface area contributed by atoms with E-state index in [2.05, 4.69) is 29.4 Å². The van der Waals surface area contributed by atoms with E-state index < -0.39 is 0 Å². The van der Waals surface area contributed by atoms with E-state index in [1.54, 1.807) is 7.11 Å². The molecule has 0 saturated carbocycles. The summed E-state index contributed by atoms with van der Waals surface area (Å²) in [5.74, 6) is 2.45. The molecule has 2 aliphatic heterocycles. The Bertz CT molecular complexity index is 677. The van der Waals surface area contributed by atoms with Gasteiger partial charge in [-0.1, -0.05) is 6.07 Å². The number of likely N-dealkylation sites (tertiary alicyclic amines) is 1. The fraction of sp³-hybridized carbons (Fsp3) is 0.696. The number of hydrogen-bond acceptors (Lipinski definition) is 5. The summed E-state index contributed by atoms with van der Waals surface area (Å²) in [7, 11) is 1.66. The van der Waals surface area contributed by atoms with Crippen LogP contribution in [-0.2, 0) is 4.74 Å². The van der Waals surface area contributed by atoms with Crippen LogP contribution in [0, 0.1) is 0 Å². The van der Waals surface area contributed by atoms with Crippen LogP contribution >= 0.6 is 24.0 Å². The first-order valence-electron chi connectivity index (χ1n) is 11.3. The lowest BCUT2D eigenvalue weighted by Gasteiger charge is -2.43. The van der Waals surface area contributed by atoms with Gasteiger partial charge in [0.05, 0.1) is 20.2 Å². The fourth-order valence-electron chi connectivity index (χ4n) is 4.27. The lowest BCUT2D eigenvalue weighted by Crippen LogP contribution is -2.54. The van der Waals surface area contributed by atoms with Crippen molar-refractivity contribution in [2.75, 3.05) is 53.0 Å². The molecule has 2 fully saturated rings. The van der Waals surface area contributed by atoms with Gasteiger partial charge >= 0.3 is 0 Å². The van der Waals surface area contributed by atoms with Crippen LogP contribution in [0.1, 0.15) is 39.5 Å². The van der Waals surface area contributed by atoms with Gasteiger partial charge in [-0.25, -0.2) is 0 Å². The number of nitrogens with one attached hydrogen (secondary N) is 2. The van der Waals surface area contributed by atoms with Gasteiger partial charge in [0.2, 0.25) is 0 Å². The first-order valence-corrected chi connectivity index (χ1v) is 11.3. The van der Waals surface area contributed by atoms with Crippen LogP contribution in [0.3, 0.4) is 0 Å². The van der Waals surface area contributed by atoms with Gasteiger partial charge in [-0.15, -0.1) is 24.0 Å². The van der Waals surface area contributed by atoms with Gasteiger partial charge in [0.15, 0.2) is 5.96 Å². The second kappa shape index (κ2) is 13.3. The van der Waals surface area contributed by atoms with Crippen LogP contribution in [0.2, 0.25) is 0 Å². The van der Waals surface area contributed by atoms with Crippen LogP contribution < -0.4 is 20.1 Å². The molecular formula is C23H39IN4O3. The van der Waals surface area contributed by atoms with Gasteiger partial charge < -0.3 is 24.8 Å². The lowest BCUT2D eigenvalue weighted by molar-refractivity contribution is -0.0139. The van der Waals surface area contributed by atoms with Crippen LogP contribution in [0.5, 0.6) is 11.5 Å². The van der Waals surface area contributed by atoms with E-state index in [4.69, 9.17) is 19.2 Å². The fourth-order valence-corrected chi connectivity index (χ4v) is 4.27.